The molecule has 0 bridgehead atoms. The van der Waals surface area contributed by atoms with Gasteiger partial charge in [0.1, 0.15) is 24.1 Å². The van der Waals surface area contributed by atoms with Gasteiger partial charge in [-0.05, 0) is 74.9 Å². The number of ether oxygens (including phenoxy) is 5. The first kappa shape index (κ1) is 33.1. The Bertz CT molecular complexity index is 2000. The van der Waals surface area contributed by atoms with Crippen LogP contribution in [0.5, 0.6) is 23.0 Å². The standard InChI is InChI=1S/C34H32Cl2N2O7S/c1-6-43-28-14-20(8-12-27(28)45-18-21-9-10-22(35)16-25(21)36)15-29-32(39)38-31(24-17-23(41-4)11-13-26(24)42-5)30(33(40)44-7-2)19(3)37-34(38)46-29/h8-17,31H,6-7,18H2,1-5H3/b29-15+/t31-/m1/s1. The second-order valence-corrected chi connectivity index (χ2v) is 11.9. The third kappa shape index (κ3) is 6.79. The highest BCUT2D eigenvalue weighted by Crippen LogP contribution is 2.38. The number of rotatable bonds is 11. The smallest absolute Gasteiger partial charge is 0.338 e. The van der Waals surface area contributed by atoms with Crippen LogP contribution in [0.15, 0.2) is 75.7 Å². The molecule has 0 spiro atoms. The maximum absolute atomic E-state index is 14.1. The van der Waals surface area contributed by atoms with Gasteiger partial charge in [-0.3, -0.25) is 9.36 Å². The van der Waals surface area contributed by atoms with Crippen LogP contribution in [0.4, 0.5) is 0 Å². The van der Waals surface area contributed by atoms with Gasteiger partial charge in [-0.2, -0.15) is 0 Å². The predicted octanol–water partition coefficient (Wildman–Crippen LogP) is 6.10. The average molecular weight is 684 g/mol. The van der Waals surface area contributed by atoms with Gasteiger partial charge in [0.05, 0.1) is 43.2 Å². The summed E-state index contributed by atoms with van der Waals surface area (Å²) in [6.45, 7) is 6.11. The monoisotopic (exact) mass is 682 g/mol. The van der Waals surface area contributed by atoms with Crippen LogP contribution in [0.2, 0.25) is 10.0 Å². The normalized spacial score (nSPS) is 14.4. The molecule has 1 aliphatic heterocycles. The SMILES string of the molecule is CCOC(=O)C1=C(C)N=c2s/c(=C/c3ccc(OCc4ccc(Cl)cc4Cl)c(OCC)c3)c(=O)n2[C@@H]1c1cc(OC)ccc1OC. The number of esters is 1. The zero-order valence-corrected chi connectivity index (χ0v) is 28.2. The predicted molar refractivity (Wildman–Crippen MR) is 178 cm³/mol. The van der Waals surface area contributed by atoms with Crippen LogP contribution >= 0.6 is 34.5 Å². The summed E-state index contributed by atoms with van der Waals surface area (Å²) in [6, 6.07) is 15.0. The molecule has 240 valence electrons. The Morgan fingerprint density at radius 1 is 0.957 bits per heavy atom. The molecule has 3 aromatic carbocycles. The molecule has 0 aliphatic carbocycles. The summed E-state index contributed by atoms with van der Waals surface area (Å²) >= 11 is 13.6. The van der Waals surface area contributed by atoms with Gasteiger partial charge in [0.2, 0.25) is 0 Å². The van der Waals surface area contributed by atoms with Crippen LogP contribution < -0.4 is 33.8 Å². The summed E-state index contributed by atoms with van der Waals surface area (Å²) < 4.78 is 30.4. The van der Waals surface area contributed by atoms with Crippen molar-refractivity contribution in [3.05, 3.63) is 112 Å². The van der Waals surface area contributed by atoms with Crippen LogP contribution in [-0.4, -0.2) is 38.0 Å². The van der Waals surface area contributed by atoms with Crippen LogP contribution in [-0.2, 0) is 16.1 Å². The van der Waals surface area contributed by atoms with Crippen molar-refractivity contribution >= 4 is 46.6 Å². The molecule has 0 amide bonds. The number of carbonyl (C=O) groups excluding carboxylic acids is 1. The fraction of sp³-hybridized carbons (Fsp3) is 0.265. The highest BCUT2D eigenvalue weighted by atomic mass is 35.5. The molecule has 4 aromatic rings. The number of thiazole rings is 1. The van der Waals surface area contributed by atoms with E-state index in [0.29, 0.717) is 65.8 Å². The third-order valence-corrected chi connectivity index (χ3v) is 8.78. The van der Waals surface area contributed by atoms with Crippen molar-refractivity contribution in [1.29, 1.82) is 0 Å². The van der Waals surface area contributed by atoms with Crippen molar-refractivity contribution < 1.29 is 28.5 Å². The topological polar surface area (TPSA) is 97.6 Å². The van der Waals surface area contributed by atoms with E-state index in [-0.39, 0.29) is 24.3 Å². The van der Waals surface area contributed by atoms with Crippen molar-refractivity contribution in [1.82, 2.24) is 4.57 Å². The molecule has 0 unspecified atom stereocenters. The van der Waals surface area contributed by atoms with Crippen LogP contribution in [0.1, 0.15) is 43.5 Å². The van der Waals surface area contributed by atoms with Crippen LogP contribution in [0.3, 0.4) is 0 Å². The van der Waals surface area contributed by atoms with E-state index < -0.39 is 12.0 Å². The molecule has 0 radical (unpaired) electrons. The molecule has 1 aliphatic rings. The van der Waals surface area contributed by atoms with E-state index in [1.54, 1.807) is 69.5 Å². The number of fused-ring (bicyclic) bond motifs is 1. The molecule has 12 heteroatoms. The maximum Gasteiger partial charge on any atom is 0.338 e. The first-order valence-corrected chi connectivity index (χ1v) is 16.0. The van der Waals surface area contributed by atoms with E-state index in [9.17, 15) is 9.59 Å². The maximum atomic E-state index is 14.1. The zero-order chi connectivity index (χ0) is 33.0. The Hall–Kier alpha value is -4.25. The second-order valence-electron chi connectivity index (χ2n) is 10.1. The molecule has 46 heavy (non-hydrogen) atoms. The number of allylic oxidation sites excluding steroid dienone is 1. The van der Waals surface area contributed by atoms with Crippen molar-refractivity contribution in [3.8, 4) is 23.0 Å². The Morgan fingerprint density at radius 3 is 2.43 bits per heavy atom. The Kier molecular flexibility index (Phi) is 10.4. The molecule has 1 aromatic heterocycles. The van der Waals surface area contributed by atoms with Crippen molar-refractivity contribution in [2.45, 2.75) is 33.4 Å². The van der Waals surface area contributed by atoms with E-state index in [4.69, 9.17) is 46.9 Å². The summed E-state index contributed by atoms with van der Waals surface area (Å²) in [6.07, 6.45) is 1.76. The van der Waals surface area contributed by atoms with Crippen molar-refractivity contribution in [2.24, 2.45) is 4.99 Å². The molecular weight excluding hydrogens is 651 g/mol. The molecule has 0 saturated heterocycles. The van der Waals surface area contributed by atoms with Gasteiger partial charge >= 0.3 is 5.97 Å². The van der Waals surface area contributed by atoms with Gasteiger partial charge < -0.3 is 23.7 Å². The van der Waals surface area contributed by atoms with Gasteiger partial charge in [0.25, 0.3) is 5.56 Å². The number of carbonyl (C=O) groups is 1. The molecule has 0 N–H and O–H groups in total. The van der Waals surface area contributed by atoms with Crippen LogP contribution in [0.25, 0.3) is 6.08 Å². The lowest BCUT2D eigenvalue weighted by molar-refractivity contribution is -0.139. The fourth-order valence-corrected chi connectivity index (χ4v) is 6.60. The minimum atomic E-state index is -0.864. The fourth-order valence-electron chi connectivity index (χ4n) is 5.09. The molecule has 1 atom stereocenters. The Morgan fingerprint density at radius 2 is 1.74 bits per heavy atom. The molecule has 9 nitrogen and oxygen atoms in total. The number of benzene rings is 3. The Balaban J connectivity index is 1.59. The van der Waals surface area contributed by atoms with E-state index in [0.717, 1.165) is 5.56 Å². The van der Waals surface area contributed by atoms with E-state index in [1.165, 1.54) is 23.0 Å². The minimum absolute atomic E-state index is 0.163. The van der Waals surface area contributed by atoms with Gasteiger partial charge in [0.15, 0.2) is 16.3 Å². The average Bonchev–Trinajstić information content (AvgIpc) is 3.34. The number of hydrogen-bond donors (Lipinski definition) is 0. The van der Waals surface area contributed by atoms with Gasteiger partial charge in [-0.1, -0.05) is 46.7 Å². The van der Waals surface area contributed by atoms with Gasteiger partial charge in [-0.15, -0.1) is 0 Å². The zero-order valence-electron chi connectivity index (χ0n) is 25.9. The summed E-state index contributed by atoms with van der Waals surface area (Å²) in [7, 11) is 3.08. The van der Waals surface area contributed by atoms with Gasteiger partial charge in [0, 0.05) is 21.2 Å². The largest absolute Gasteiger partial charge is 0.497 e. The quantitative estimate of drug-likeness (QED) is 0.176. The van der Waals surface area contributed by atoms with Crippen LogP contribution in [0, 0.1) is 0 Å². The summed E-state index contributed by atoms with van der Waals surface area (Å²) in [4.78, 5) is 32.5. The Labute approximate surface area is 279 Å². The lowest BCUT2D eigenvalue weighted by atomic mass is 9.94. The summed E-state index contributed by atoms with van der Waals surface area (Å²) in [5.41, 5.74) is 2.41. The van der Waals surface area contributed by atoms with Crippen molar-refractivity contribution in [2.75, 3.05) is 27.4 Å². The minimum Gasteiger partial charge on any atom is -0.497 e. The highest BCUT2D eigenvalue weighted by molar-refractivity contribution is 7.07. The first-order chi connectivity index (χ1) is 22.2. The lowest BCUT2D eigenvalue weighted by Crippen LogP contribution is -2.40. The van der Waals surface area contributed by atoms with E-state index >= 15 is 0 Å². The number of aromatic nitrogens is 1. The number of nitrogens with zero attached hydrogens (tertiary/aromatic N) is 2. The highest BCUT2D eigenvalue weighted by Gasteiger charge is 2.35. The second kappa shape index (κ2) is 14.5. The lowest BCUT2D eigenvalue weighted by Gasteiger charge is -2.26. The summed E-state index contributed by atoms with van der Waals surface area (Å²) in [5.74, 6) is 1.48. The molecule has 5 rings (SSSR count). The summed E-state index contributed by atoms with van der Waals surface area (Å²) in [5, 5.41) is 1.04. The third-order valence-electron chi connectivity index (χ3n) is 7.21. The van der Waals surface area contributed by atoms with E-state index in [1.807, 2.05) is 19.1 Å². The van der Waals surface area contributed by atoms with Gasteiger partial charge in [-0.25, -0.2) is 9.79 Å². The molecular formula is C34H32Cl2N2O7S. The number of hydrogen-bond acceptors (Lipinski definition) is 9. The van der Waals surface area contributed by atoms with E-state index in [2.05, 4.69) is 4.99 Å². The first-order valence-electron chi connectivity index (χ1n) is 14.4. The molecule has 0 fully saturated rings. The van der Waals surface area contributed by atoms with Crippen molar-refractivity contribution in [3.63, 3.8) is 0 Å². The molecule has 2 heterocycles. The molecule has 0 saturated carbocycles. The number of methoxy groups -OCH3 is 2. The number of halogens is 2.